The molecule has 0 spiro atoms. The Balaban J connectivity index is 0.000000188. The van der Waals surface area contributed by atoms with Crippen molar-refractivity contribution in [1.29, 1.82) is 0 Å². The number of carbonyl (C=O) groups is 4. The van der Waals surface area contributed by atoms with E-state index in [1.165, 1.54) is 36.7 Å². The van der Waals surface area contributed by atoms with Gasteiger partial charge in [-0.25, -0.2) is 18.7 Å². The molecule has 2 saturated heterocycles. The molecule has 2 aliphatic rings. The summed E-state index contributed by atoms with van der Waals surface area (Å²) in [6, 6.07) is 7.06. The van der Waals surface area contributed by atoms with Crippen molar-refractivity contribution in [1.82, 2.24) is 31.2 Å². The molecule has 4 heterocycles. The number of hydrogen-bond donors (Lipinski definition) is 4. The average Bonchev–Trinajstić information content (AvgIpc) is 3.80. The average molecular weight is 736 g/mol. The highest BCUT2D eigenvalue weighted by Gasteiger charge is 2.39. The van der Waals surface area contributed by atoms with Crippen LogP contribution in [0.4, 0.5) is 8.78 Å². The third kappa shape index (κ3) is 8.00. The summed E-state index contributed by atoms with van der Waals surface area (Å²) < 4.78 is 26.9. The lowest BCUT2D eigenvalue weighted by Gasteiger charge is -2.15. The number of thiazole rings is 2. The second-order valence-electron chi connectivity index (χ2n) is 11.6. The molecule has 2 aromatic heterocycles. The molecule has 2 aliphatic heterocycles. The molecule has 6 rings (SSSR count). The molecule has 4 N–H and O–H groups in total. The summed E-state index contributed by atoms with van der Waals surface area (Å²) in [7, 11) is 0. The van der Waals surface area contributed by atoms with Gasteiger partial charge in [0.25, 0.3) is 11.8 Å². The number of nitrogens with zero attached hydrogens (tertiary/aromatic N) is 2. The van der Waals surface area contributed by atoms with Crippen molar-refractivity contribution < 1.29 is 28.0 Å². The molecule has 0 saturated carbocycles. The molecule has 6 atom stereocenters. The lowest BCUT2D eigenvalue weighted by atomic mass is 10.00. The summed E-state index contributed by atoms with van der Waals surface area (Å²) >= 11 is 13.9. The topological polar surface area (TPSA) is 142 Å². The summed E-state index contributed by atoms with van der Waals surface area (Å²) in [6.07, 6.45) is 2.82. The van der Waals surface area contributed by atoms with E-state index in [1.54, 1.807) is 12.1 Å². The normalized spacial score (nSPS) is 23.2. The third-order valence-corrected chi connectivity index (χ3v) is 10.7. The number of benzene rings is 2. The fourth-order valence-corrected chi connectivity index (χ4v) is 7.20. The van der Waals surface area contributed by atoms with E-state index in [-0.39, 0.29) is 57.6 Å². The first-order valence-electron chi connectivity index (χ1n) is 14.8. The van der Waals surface area contributed by atoms with Crippen LogP contribution in [-0.4, -0.2) is 57.8 Å². The Kier molecular flexibility index (Phi) is 10.8. The van der Waals surface area contributed by atoms with Crippen LogP contribution in [0.3, 0.4) is 0 Å². The highest BCUT2D eigenvalue weighted by atomic mass is 35.5. The minimum atomic E-state index is -0.568. The summed E-state index contributed by atoms with van der Waals surface area (Å²) in [5.74, 6) is -2.07. The molecule has 0 unspecified atom stereocenters. The molecule has 0 bridgehead atoms. The molecule has 10 nitrogen and oxygen atoms in total. The molecule has 2 fully saturated rings. The van der Waals surface area contributed by atoms with E-state index in [9.17, 15) is 28.0 Å². The van der Waals surface area contributed by atoms with Crippen LogP contribution in [0.5, 0.6) is 0 Å². The quantitative estimate of drug-likeness (QED) is 0.200. The van der Waals surface area contributed by atoms with E-state index >= 15 is 0 Å². The van der Waals surface area contributed by atoms with Crippen LogP contribution in [0.1, 0.15) is 47.0 Å². The number of nitrogens with one attached hydrogen (secondary N) is 4. The van der Waals surface area contributed by atoms with Gasteiger partial charge in [-0.15, -0.1) is 22.7 Å². The number of hydrogen-bond acceptors (Lipinski definition) is 8. The van der Waals surface area contributed by atoms with Crippen LogP contribution < -0.4 is 21.3 Å². The third-order valence-electron chi connectivity index (χ3n) is 8.18. The Hall–Kier alpha value is -3.98. The van der Waals surface area contributed by atoms with E-state index in [0.29, 0.717) is 30.9 Å². The first kappa shape index (κ1) is 35.3. The molecule has 16 heteroatoms. The van der Waals surface area contributed by atoms with Crippen LogP contribution in [-0.2, 0) is 9.59 Å². The Morgan fingerprint density at radius 3 is 1.38 bits per heavy atom. The zero-order chi connectivity index (χ0) is 34.9. The molecular weight excluding hydrogens is 705 g/mol. The minimum absolute atomic E-state index is 0.00383. The summed E-state index contributed by atoms with van der Waals surface area (Å²) in [5.41, 5.74) is 1.01. The summed E-state index contributed by atoms with van der Waals surface area (Å²) in [6.45, 7) is 7.60. The van der Waals surface area contributed by atoms with Crippen LogP contribution in [0.25, 0.3) is 21.1 Å². The van der Waals surface area contributed by atoms with Gasteiger partial charge in [0.1, 0.15) is 43.5 Å². The Labute approximate surface area is 292 Å². The van der Waals surface area contributed by atoms with Gasteiger partial charge < -0.3 is 21.3 Å². The predicted molar refractivity (Wildman–Crippen MR) is 181 cm³/mol. The second kappa shape index (κ2) is 14.6. The SMILES string of the molecule is C[C@H]1[C@H](C)NC(=O)[C@@H]1NC(=O)c1cnc(-c2cc(F)cc(Cl)c2)s1.C[C@H]1[C@H](NC(=O)c2cnc(-c3cc(F)cc(Cl)c3)s2)C(=O)N[C@@H]1C. The Morgan fingerprint density at radius 2 is 1.06 bits per heavy atom. The highest BCUT2D eigenvalue weighted by Crippen LogP contribution is 2.30. The van der Waals surface area contributed by atoms with E-state index in [2.05, 4.69) is 31.2 Å². The molecule has 0 aliphatic carbocycles. The van der Waals surface area contributed by atoms with Crippen molar-refractivity contribution in [2.45, 2.75) is 51.9 Å². The summed E-state index contributed by atoms with van der Waals surface area (Å²) in [5, 5.41) is 12.5. The number of halogens is 4. The highest BCUT2D eigenvalue weighted by molar-refractivity contribution is 7.17. The number of amides is 4. The maximum Gasteiger partial charge on any atom is 0.263 e. The second-order valence-corrected chi connectivity index (χ2v) is 14.5. The molecular formula is C32H30Cl2F2N6O4S2. The Bertz CT molecular complexity index is 1710. The zero-order valence-electron chi connectivity index (χ0n) is 25.9. The molecule has 48 heavy (non-hydrogen) atoms. The maximum atomic E-state index is 13.4. The first-order valence-corrected chi connectivity index (χ1v) is 17.2. The maximum absolute atomic E-state index is 13.4. The van der Waals surface area contributed by atoms with E-state index in [1.807, 2.05) is 27.7 Å². The molecule has 4 aromatic rings. The lowest BCUT2D eigenvalue weighted by molar-refractivity contribution is -0.121. The van der Waals surface area contributed by atoms with Gasteiger partial charge in [-0.1, -0.05) is 37.0 Å². The molecule has 252 valence electrons. The zero-order valence-corrected chi connectivity index (χ0v) is 29.1. The molecule has 4 amide bonds. The molecule has 2 aromatic carbocycles. The van der Waals surface area contributed by atoms with Crippen molar-refractivity contribution in [3.63, 3.8) is 0 Å². The fourth-order valence-electron chi connectivity index (χ4n) is 5.14. The smallest absolute Gasteiger partial charge is 0.263 e. The predicted octanol–water partition coefficient (Wildman–Crippen LogP) is 5.71. The standard InChI is InChI=1S/2C16H15ClFN3O2S/c2*1-7-8(2)20-15(23)13(7)21-14(22)12-6-19-16(24-12)9-3-10(17)5-11(18)4-9/h2*3-8,13H,1-2H3,(H,20,23)(H,21,22)/t2*7-,8-,13+/m10/s1. The lowest BCUT2D eigenvalue weighted by Crippen LogP contribution is -2.42. The first-order chi connectivity index (χ1) is 22.7. The van der Waals surface area contributed by atoms with Gasteiger partial charge in [-0.2, -0.15) is 0 Å². The van der Waals surface area contributed by atoms with Crippen molar-refractivity contribution in [2.24, 2.45) is 11.8 Å². The van der Waals surface area contributed by atoms with E-state index in [4.69, 9.17) is 23.2 Å². The number of carbonyl (C=O) groups excluding carboxylic acids is 4. The molecule has 0 radical (unpaired) electrons. The van der Waals surface area contributed by atoms with E-state index in [0.717, 1.165) is 22.7 Å². The minimum Gasteiger partial charge on any atom is -0.351 e. The Morgan fingerprint density at radius 1 is 0.688 bits per heavy atom. The van der Waals surface area contributed by atoms with Gasteiger partial charge in [0, 0.05) is 45.1 Å². The van der Waals surface area contributed by atoms with Crippen molar-refractivity contribution in [3.05, 3.63) is 80.2 Å². The number of aromatic nitrogens is 2. The van der Waals surface area contributed by atoms with Crippen molar-refractivity contribution >= 4 is 69.5 Å². The fraction of sp³-hybridized carbons (Fsp3) is 0.312. The van der Waals surface area contributed by atoms with Crippen LogP contribution >= 0.6 is 45.9 Å². The monoisotopic (exact) mass is 734 g/mol. The van der Waals surface area contributed by atoms with Crippen LogP contribution in [0, 0.1) is 23.5 Å². The van der Waals surface area contributed by atoms with Crippen LogP contribution in [0.2, 0.25) is 10.0 Å². The number of rotatable bonds is 6. The van der Waals surface area contributed by atoms with Crippen LogP contribution in [0.15, 0.2) is 48.8 Å². The largest absolute Gasteiger partial charge is 0.351 e. The van der Waals surface area contributed by atoms with Gasteiger partial charge in [0.15, 0.2) is 0 Å². The van der Waals surface area contributed by atoms with Crippen molar-refractivity contribution in [2.75, 3.05) is 0 Å². The van der Waals surface area contributed by atoms with Crippen molar-refractivity contribution in [3.8, 4) is 21.1 Å². The van der Waals surface area contributed by atoms with Gasteiger partial charge in [0.05, 0.1) is 12.4 Å². The van der Waals surface area contributed by atoms with Gasteiger partial charge in [0.2, 0.25) is 11.8 Å². The van der Waals surface area contributed by atoms with Gasteiger partial charge in [-0.05, 0) is 50.2 Å². The van der Waals surface area contributed by atoms with Gasteiger partial charge in [-0.3, -0.25) is 19.2 Å². The summed E-state index contributed by atoms with van der Waals surface area (Å²) in [4.78, 5) is 57.5. The van der Waals surface area contributed by atoms with E-state index < -0.39 is 23.7 Å². The van der Waals surface area contributed by atoms with Gasteiger partial charge >= 0.3 is 0 Å².